The van der Waals surface area contributed by atoms with Gasteiger partial charge in [-0.05, 0) is 211 Å². The summed E-state index contributed by atoms with van der Waals surface area (Å²) in [5.41, 5.74) is 28.2. The molecule has 7 aromatic carbocycles. The first-order valence-corrected chi connectivity index (χ1v) is 31.0. The monoisotopic (exact) mass is 1060 g/mol. The number of allylic oxidation sites excluding steroid dienone is 4. The average Bonchev–Trinajstić information content (AvgIpc) is 3.96. The Labute approximate surface area is 484 Å². The van der Waals surface area contributed by atoms with Crippen molar-refractivity contribution in [1.29, 1.82) is 0 Å². The number of anilines is 6. The molecule has 5 atom stereocenters. The van der Waals surface area contributed by atoms with Crippen molar-refractivity contribution in [2.75, 3.05) is 9.80 Å². The molecule has 1 aromatic heterocycles. The number of nitrogens with zero attached hydrogens (tertiary/aromatic N) is 2. The van der Waals surface area contributed by atoms with Crippen LogP contribution in [-0.2, 0) is 28.1 Å². The predicted octanol–water partition coefficient (Wildman–Crippen LogP) is 18.7. The van der Waals surface area contributed by atoms with E-state index in [0.29, 0.717) is 17.8 Å². The van der Waals surface area contributed by atoms with Gasteiger partial charge >= 0.3 is 0 Å². The summed E-state index contributed by atoms with van der Waals surface area (Å²) >= 11 is 0. The fourth-order valence-corrected chi connectivity index (χ4v) is 18.9. The van der Waals surface area contributed by atoms with Gasteiger partial charge in [0, 0.05) is 55.7 Å². The fraction of sp³-hybridized carbons (Fsp3) is 0.403. The summed E-state index contributed by atoms with van der Waals surface area (Å²) < 4.78 is 6.57. The standard InChI is InChI=1S/C77H83BN2O/c1-45-34-66-70-67(35-45)80(63-42-58-57(36-46(63)2)72(6,7)44-73(58,8)9)65-43-60-59(74(10,11)53-23-17-18-24-54(53)75(60,12)13)41-62(65)78(70)61-30-26-47(38-64(61)79(66)49-28-31-69-52(40-49)50-22-16-19-25-68(50)81-69)37-55-51-29-27-48(71(3,4)5)39-56(51)77(15)33-21-20-32-76(55,77)14/h16-19,22-31,34-36,38-43,51,55-56H,20-21,32-33,37,44H2,1-15H3. The number of hydrogen-bond donors (Lipinski definition) is 0. The van der Waals surface area contributed by atoms with Crippen LogP contribution < -0.4 is 26.2 Å². The van der Waals surface area contributed by atoms with E-state index in [2.05, 4.69) is 253 Å². The minimum absolute atomic E-state index is 0.00984. The van der Waals surface area contributed by atoms with Gasteiger partial charge in [0.15, 0.2) is 0 Å². The summed E-state index contributed by atoms with van der Waals surface area (Å²) in [6.07, 6.45) is 15.4. The molecule has 0 amide bonds. The number of para-hydroxylation sites is 1. The number of furan rings is 1. The van der Waals surface area contributed by atoms with Gasteiger partial charge in [-0.3, -0.25) is 0 Å². The molecular weight excluding hydrogens is 980 g/mol. The maximum atomic E-state index is 6.57. The molecule has 0 spiro atoms. The third kappa shape index (κ3) is 6.95. The van der Waals surface area contributed by atoms with E-state index in [1.165, 1.54) is 132 Å². The van der Waals surface area contributed by atoms with Crippen LogP contribution in [0.1, 0.15) is 172 Å². The van der Waals surface area contributed by atoms with Crippen LogP contribution in [0.15, 0.2) is 150 Å². The van der Waals surface area contributed by atoms with Crippen LogP contribution in [0.4, 0.5) is 34.1 Å². The minimum atomic E-state index is -0.216. The van der Waals surface area contributed by atoms with Crippen LogP contribution in [0.2, 0.25) is 0 Å². The summed E-state index contributed by atoms with van der Waals surface area (Å²) in [4.78, 5) is 5.41. The topological polar surface area (TPSA) is 19.6 Å². The van der Waals surface area contributed by atoms with E-state index >= 15 is 0 Å². The van der Waals surface area contributed by atoms with Gasteiger partial charge in [-0.15, -0.1) is 0 Å². The Balaban J connectivity index is 0.994. The molecule has 0 saturated heterocycles. The number of rotatable bonds is 4. The number of aryl methyl sites for hydroxylation is 2. The van der Waals surface area contributed by atoms with Crippen LogP contribution in [0.3, 0.4) is 0 Å². The van der Waals surface area contributed by atoms with E-state index in [-0.39, 0.29) is 44.6 Å². The van der Waals surface area contributed by atoms with Crippen molar-refractivity contribution >= 4 is 79.2 Å². The lowest BCUT2D eigenvalue weighted by atomic mass is 9.33. The lowest BCUT2D eigenvalue weighted by molar-refractivity contribution is 0.00129. The van der Waals surface area contributed by atoms with Gasteiger partial charge in [0.05, 0.1) is 0 Å². The van der Waals surface area contributed by atoms with Crippen LogP contribution in [0.25, 0.3) is 21.9 Å². The molecule has 0 bridgehead atoms. The van der Waals surface area contributed by atoms with Gasteiger partial charge in [-0.1, -0.05) is 188 Å². The predicted molar refractivity (Wildman–Crippen MR) is 344 cm³/mol. The molecule has 410 valence electrons. The van der Waals surface area contributed by atoms with E-state index in [0.717, 1.165) is 34.8 Å². The quantitative estimate of drug-likeness (QED) is 0.164. The van der Waals surface area contributed by atoms with Crippen molar-refractivity contribution in [3.8, 4) is 0 Å². The summed E-state index contributed by atoms with van der Waals surface area (Å²) in [5, 5.41) is 2.31. The zero-order valence-corrected chi connectivity index (χ0v) is 51.1. The average molecular weight is 1060 g/mol. The molecule has 0 radical (unpaired) electrons. The fourth-order valence-electron chi connectivity index (χ4n) is 18.9. The molecule has 81 heavy (non-hydrogen) atoms. The second kappa shape index (κ2) is 16.6. The van der Waals surface area contributed by atoms with E-state index in [9.17, 15) is 0 Å². The Hall–Kier alpha value is -6.52. The number of hydrogen-bond acceptors (Lipinski definition) is 3. The maximum Gasteiger partial charge on any atom is 0.252 e. The lowest BCUT2D eigenvalue weighted by Gasteiger charge is -2.50. The summed E-state index contributed by atoms with van der Waals surface area (Å²) in [7, 11) is 0. The van der Waals surface area contributed by atoms with Crippen LogP contribution in [0, 0.1) is 47.8 Å². The number of fused-ring (bicyclic) bond motifs is 13. The van der Waals surface area contributed by atoms with Gasteiger partial charge in [-0.25, -0.2) is 0 Å². The number of benzene rings is 7. The van der Waals surface area contributed by atoms with Gasteiger partial charge in [-0.2, -0.15) is 0 Å². The molecule has 8 aromatic rings. The van der Waals surface area contributed by atoms with Crippen LogP contribution >= 0.6 is 0 Å². The molecule has 2 aliphatic heterocycles. The molecule has 5 aliphatic carbocycles. The van der Waals surface area contributed by atoms with Crippen molar-refractivity contribution in [2.45, 2.75) is 164 Å². The lowest BCUT2D eigenvalue weighted by Crippen LogP contribution is -2.62. The summed E-state index contributed by atoms with van der Waals surface area (Å²) in [6, 6.07) is 48.3. The Morgan fingerprint density at radius 3 is 1.89 bits per heavy atom. The third-order valence-electron chi connectivity index (χ3n) is 23.1. The van der Waals surface area contributed by atoms with Crippen molar-refractivity contribution in [1.82, 2.24) is 0 Å². The molecular formula is C77H83BN2O. The smallest absolute Gasteiger partial charge is 0.252 e. The van der Waals surface area contributed by atoms with Crippen molar-refractivity contribution < 1.29 is 4.42 Å². The summed E-state index contributed by atoms with van der Waals surface area (Å²) in [6.45, 7) is 37.1. The van der Waals surface area contributed by atoms with Gasteiger partial charge in [0.2, 0.25) is 0 Å². The molecule has 2 saturated carbocycles. The zero-order chi connectivity index (χ0) is 56.5. The Kier molecular flexibility index (Phi) is 10.5. The van der Waals surface area contributed by atoms with Gasteiger partial charge in [0.1, 0.15) is 11.2 Å². The summed E-state index contributed by atoms with van der Waals surface area (Å²) in [5.74, 6) is 1.59. The zero-order valence-electron chi connectivity index (χ0n) is 51.1. The van der Waals surface area contributed by atoms with Crippen LogP contribution in [0.5, 0.6) is 0 Å². The Morgan fingerprint density at radius 1 is 0.556 bits per heavy atom. The molecule has 3 heterocycles. The molecule has 15 rings (SSSR count). The van der Waals surface area contributed by atoms with E-state index in [1.54, 1.807) is 0 Å². The first-order valence-electron chi connectivity index (χ1n) is 31.0. The van der Waals surface area contributed by atoms with E-state index in [4.69, 9.17) is 4.42 Å². The SMILES string of the molecule is Cc1cc2c3c(c1)N(c1cc4c(cc1C)C(C)(C)CC4(C)C)c1cc4c(cc1B3c1ccc(CC3C5C=CC(C(C)(C)C)=CC5C5(C)CCCCC35C)cc1N2c1ccc2oc3ccccc3c2c1)C(C)(C)c1ccccc1C4(C)C. The van der Waals surface area contributed by atoms with Crippen molar-refractivity contribution in [2.24, 2.45) is 34.0 Å². The Morgan fingerprint density at radius 2 is 1.17 bits per heavy atom. The normalized spacial score (nSPS) is 25.6. The van der Waals surface area contributed by atoms with Gasteiger partial charge < -0.3 is 14.2 Å². The first-order chi connectivity index (χ1) is 38.3. The molecule has 4 heteroatoms. The second-order valence-electron chi connectivity index (χ2n) is 30.6. The molecule has 0 N–H and O–H groups in total. The maximum absolute atomic E-state index is 6.57. The van der Waals surface area contributed by atoms with Crippen molar-refractivity contribution in [3.05, 3.63) is 195 Å². The largest absolute Gasteiger partial charge is 0.456 e. The van der Waals surface area contributed by atoms with Gasteiger partial charge in [0.25, 0.3) is 6.71 Å². The second-order valence-corrected chi connectivity index (χ2v) is 30.6. The van der Waals surface area contributed by atoms with Crippen molar-refractivity contribution in [3.63, 3.8) is 0 Å². The van der Waals surface area contributed by atoms with E-state index < -0.39 is 0 Å². The molecule has 2 fully saturated rings. The van der Waals surface area contributed by atoms with E-state index in [1.807, 2.05) is 0 Å². The highest BCUT2D eigenvalue weighted by atomic mass is 16.3. The minimum Gasteiger partial charge on any atom is -0.456 e. The first kappa shape index (κ1) is 51.4. The highest BCUT2D eigenvalue weighted by molar-refractivity contribution is 7.00. The highest BCUT2D eigenvalue weighted by Gasteiger charge is 2.63. The van der Waals surface area contributed by atoms with Crippen LogP contribution in [-0.4, -0.2) is 6.71 Å². The molecule has 7 aliphatic rings. The molecule has 5 unspecified atom stereocenters. The Bertz CT molecular complexity index is 4110. The highest BCUT2D eigenvalue weighted by Crippen LogP contribution is 2.70. The molecule has 3 nitrogen and oxygen atoms in total. The third-order valence-corrected chi connectivity index (χ3v) is 23.1.